The standard InChI is InChI=1S/C13H11NS/c1-15-9-6-7-11-10-4-2-3-5-12(10)14-13(11)8-9/h2-8,14H,1H3. The largest absolute Gasteiger partial charge is 0.354 e. The second-order valence-electron chi connectivity index (χ2n) is 3.58. The average molecular weight is 213 g/mol. The molecule has 0 saturated heterocycles. The van der Waals surface area contributed by atoms with E-state index < -0.39 is 0 Å². The van der Waals surface area contributed by atoms with Crippen LogP contribution in [0.4, 0.5) is 0 Å². The third-order valence-electron chi connectivity index (χ3n) is 2.71. The molecule has 1 aromatic heterocycles. The molecule has 0 atom stereocenters. The Morgan fingerprint density at radius 1 is 0.933 bits per heavy atom. The van der Waals surface area contributed by atoms with Gasteiger partial charge in [-0.15, -0.1) is 11.8 Å². The number of aromatic nitrogens is 1. The molecule has 0 aliphatic carbocycles. The van der Waals surface area contributed by atoms with Gasteiger partial charge in [-0.3, -0.25) is 0 Å². The van der Waals surface area contributed by atoms with Crippen LogP contribution in [0.3, 0.4) is 0 Å². The van der Waals surface area contributed by atoms with Crippen molar-refractivity contribution in [2.24, 2.45) is 0 Å². The predicted molar refractivity (Wildman–Crippen MR) is 67.6 cm³/mol. The maximum absolute atomic E-state index is 3.44. The van der Waals surface area contributed by atoms with Gasteiger partial charge < -0.3 is 4.98 Å². The SMILES string of the molecule is CSc1ccc2c(c1)[nH]c1ccccc12. The number of hydrogen-bond donors (Lipinski definition) is 1. The highest BCUT2D eigenvalue weighted by Gasteiger charge is 2.03. The summed E-state index contributed by atoms with van der Waals surface area (Å²) in [6.07, 6.45) is 2.10. The average Bonchev–Trinajstić information content (AvgIpc) is 2.66. The molecule has 0 aliphatic heterocycles. The van der Waals surface area contributed by atoms with Crippen LogP contribution in [0, 0.1) is 0 Å². The zero-order valence-electron chi connectivity index (χ0n) is 8.45. The summed E-state index contributed by atoms with van der Waals surface area (Å²) in [6, 6.07) is 15.0. The molecule has 0 amide bonds. The van der Waals surface area contributed by atoms with Crippen molar-refractivity contribution < 1.29 is 0 Å². The fraction of sp³-hybridized carbons (Fsp3) is 0.0769. The fourth-order valence-corrected chi connectivity index (χ4v) is 2.40. The Kier molecular flexibility index (Phi) is 1.96. The molecular formula is C13H11NS. The Hall–Kier alpha value is -1.41. The number of aromatic amines is 1. The van der Waals surface area contributed by atoms with Crippen molar-refractivity contribution in [3.8, 4) is 0 Å². The van der Waals surface area contributed by atoms with E-state index in [-0.39, 0.29) is 0 Å². The molecule has 0 spiro atoms. The van der Waals surface area contributed by atoms with Gasteiger partial charge in [0.25, 0.3) is 0 Å². The highest BCUT2D eigenvalue weighted by molar-refractivity contribution is 7.98. The van der Waals surface area contributed by atoms with Gasteiger partial charge in [-0.25, -0.2) is 0 Å². The van der Waals surface area contributed by atoms with Gasteiger partial charge >= 0.3 is 0 Å². The summed E-state index contributed by atoms with van der Waals surface area (Å²) in [7, 11) is 0. The Morgan fingerprint density at radius 2 is 1.73 bits per heavy atom. The van der Waals surface area contributed by atoms with E-state index in [1.54, 1.807) is 11.8 Å². The first-order chi connectivity index (χ1) is 7.38. The van der Waals surface area contributed by atoms with Crippen LogP contribution < -0.4 is 0 Å². The van der Waals surface area contributed by atoms with Gasteiger partial charge in [0, 0.05) is 26.7 Å². The molecule has 15 heavy (non-hydrogen) atoms. The number of fused-ring (bicyclic) bond motifs is 3. The van der Waals surface area contributed by atoms with Crippen LogP contribution >= 0.6 is 11.8 Å². The molecule has 0 aliphatic rings. The normalized spacial score (nSPS) is 11.3. The monoisotopic (exact) mass is 213 g/mol. The van der Waals surface area contributed by atoms with Crippen LogP contribution in [0.2, 0.25) is 0 Å². The molecule has 0 saturated carbocycles. The van der Waals surface area contributed by atoms with E-state index in [9.17, 15) is 0 Å². The van der Waals surface area contributed by atoms with E-state index in [1.165, 1.54) is 26.7 Å². The molecule has 2 aromatic carbocycles. The second-order valence-corrected chi connectivity index (χ2v) is 4.46. The van der Waals surface area contributed by atoms with E-state index >= 15 is 0 Å². The summed E-state index contributed by atoms with van der Waals surface area (Å²) in [5.74, 6) is 0. The zero-order valence-corrected chi connectivity index (χ0v) is 9.27. The molecule has 1 nitrogen and oxygen atoms in total. The summed E-state index contributed by atoms with van der Waals surface area (Å²) < 4.78 is 0. The van der Waals surface area contributed by atoms with Crippen molar-refractivity contribution >= 4 is 33.6 Å². The lowest BCUT2D eigenvalue weighted by Gasteiger charge is -1.95. The maximum atomic E-state index is 3.44. The molecule has 1 N–H and O–H groups in total. The minimum atomic E-state index is 1.21. The van der Waals surface area contributed by atoms with E-state index in [2.05, 4.69) is 53.7 Å². The van der Waals surface area contributed by atoms with Crippen LogP contribution in [0.5, 0.6) is 0 Å². The summed E-state index contributed by atoms with van der Waals surface area (Å²) >= 11 is 1.77. The summed E-state index contributed by atoms with van der Waals surface area (Å²) in [5.41, 5.74) is 2.44. The lowest BCUT2D eigenvalue weighted by molar-refractivity contribution is 1.47. The summed E-state index contributed by atoms with van der Waals surface area (Å²) in [5, 5.41) is 2.61. The molecule has 0 radical (unpaired) electrons. The lowest BCUT2D eigenvalue weighted by Crippen LogP contribution is -1.70. The Morgan fingerprint density at radius 3 is 2.60 bits per heavy atom. The Bertz CT molecular complexity index is 625. The van der Waals surface area contributed by atoms with Crippen LogP contribution in [0.25, 0.3) is 21.8 Å². The van der Waals surface area contributed by atoms with Gasteiger partial charge in [-0.05, 0) is 24.5 Å². The third-order valence-corrected chi connectivity index (χ3v) is 3.44. The van der Waals surface area contributed by atoms with Gasteiger partial charge in [0.05, 0.1) is 0 Å². The Labute approximate surface area is 92.5 Å². The van der Waals surface area contributed by atoms with Crippen molar-refractivity contribution in [3.05, 3.63) is 42.5 Å². The van der Waals surface area contributed by atoms with Gasteiger partial charge in [0.2, 0.25) is 0 Å². The molecule has 0 bridgehead atoms. The first kappa shape index (κ1) is 8.86. The first-order valence-electron chi connectivity index (χ1n) is 4.93. The van der Waals surface area contributed by atoms with E-state index in [4.69, 9.17) is 0 Å². The fourth-order valence-electron chi connectivity index (χ4n) is 1.96. The van der Waals surface area contributed by atoms with E-state index in [1.807, 2.05) is 0 Å². The molecule has 2 heteroatoms. The maximum Gasteiger partial charge on any atom is 0.0476 e. The van der Waals surface area contributed by atoms with Gasteiger partial charge in [0.15, 0.2) is 0 Å². The van der Waals surface area contributed by atoms with E-state index in [0.29, 0.717) is 0 Å². The number of nitrogens with one attached hydrogen (secondary N) is 1. The van der Waals surface area contributed by atoms with Gasteiger partial charge in [0.1, 0.15) is 0 Å². The van der Waals surface area contributed by atoms with Gasteiger partial charge in [-0.1, -0.05) is 24.3 Å². The molecule has 1 heterocycles. The third kappa shape index (κ3) is 1.33. The van der Waals surface area contributed by atoms with E-state index in [0.717, 1.165) is 0 Å². The lowest BCUT2D eigenvalue weighted by atomic mass is 10.2. The topological polar surface area (TPSA) is 15.8 Å². The van der Waals surface area contributed by atoms with Crippen molar-refractivity contribution in [3.63, 3.8) is 0 Å². The first-order valence-corrected chi connectivity index (χ1v) is 6.15. The zero-order chi connectivity index (χ0) is 10.3. The number of benzene rings is 2. The predicted octanol–water partition coefficient (Wildman–Crippen LogP) is 4.04. The van der Waals surface area contributed by atoms with Crippen molar-refractivity contribution in [2.45, 2.75) is 4.90 Å². The molecular weight excluding hydrogens is 202 g/mol. The summed E-state index contributed by atoms with van der Waals surface area (Å²) in [6.45, 7) is 0. The minimum Gasteiger partial charge on any atom is -0.354 e. The van der Waals surface area contributed by atoms with Crippen LogP contribution in [-0.2, 0) is 0 Å². The number of H-pyrrole nitrogens is 1. The molecule has 3 rings (SSSR count). The number of para-hydroxylation sites is 1. The minimum absolute atomic E-state index is 1.21. The van der Waals surface area contributed by atoms with Crippen molar-refractivity contribution in [2.75, 3.05) is 6.26 Å². The summed E-state index contributed by atoms with van der Waals surface area (Å²) in [4.78, 5) is 4.74. The molecule has 0 fully saturated rings. The smallest absolute Gasteiger partial charge is 0.0476 e. The molecule has 74 valence electrons. The quantitative estimate of drug-likeness (QED) is 0.603. The van der Waals surface area contributed by atoms with Crippen molar-refractivity contribution in [1.82, 2.24) is 4.98 Å². The molecule has 3 aromatic rings. The highest BCUT2D eigenvalue weighted by Crippen LogP contribution is 2.28. The van der Waals surface area contributed by atoms with Crippen LogP contribution in [-0.4, -0.2) is 11.2 Å². The Balaban J connectivity index is 2.43. The molecule has 0 unspecified atom stereocenters. The second kappa shape index (κ2) is 3.31. The highest BCUT2D eigenvalue weighted by atomic mass is 32.2. The number of thioether (sulfide) groups is 1. The van der Waals surface area contributed by atoms with Crippen molar-refractivity contribution in [1.29, 1.82) is 0 Å². The number of rotatable bonds is 1. The van der Waals surface area contributed by atoms with Crippen LogP contribution in [0.1, 0.15) is 0 Å². The van der Waals surface area contributed by atoms with Crippen LogP contribution in [0.15, 0.2) is 47.4 Å². The number of hydrogen-bond acceptors (Lipinski definition) is 1. The van der Waals surface area contributed by atoms with Gasteiger partial charge in [-0.2, -0.15) is 0 Å².